The molecule has 1 aromatic heterocycles. The Hall–Kier alpha value is -3.19. The third-order valence-corrected chi connectivity index (χ3v) is 4.46. The van der Waals surface area contributed by atoms with Crippen molar-refractivity contribution in [1.29, 1.82) is 0 Å². The first-order valence-corrected chi connectivity index (χ1v) is 9.88. The van der Waals surface area contributed by atoms with Gasteiger partial charge in [-0.15, -0.1) is 0 Å². The predicted molar refractivity (Wildman–Crippen MR) is 119 cm³/mol. The standard InChI is InChI=1S/C22H21BrN4O2/c1-3-29-20-13-17(23)12-16(21(20)28)14-25-27-22(19-10-6-7-11-24-19)26-18-9-5-4-8-15(18)2/h4-14,28H,3H2,1-2H3,(H,26,27). The van der Waals surface area contributed by atoms with Gasteiger partial charge in [0, 0.05) is 16.2 Å². The molecule has 3 aromatic rings. The summed E-state index contributed by atoms with van der Waals surface area (Å²) in [6, 6.07) is 16.9. The maximum atomic E-state index is 10.4. The van der Waals surface area contributed by atoms with Crippen molar-refractivity contribution in [1.82, 2.24) is 10.4 Å². The van der Waals surface area contributed by atoms with Gasteiger partial charge in [0.25, 0.3) is 0 Å². The van der Waals surface area contributed by atoms with Gasteiger partial charge < -0.3 is 9.84 Å². The highest BCUT2D eigenvalue weighted by molar-refractivity contribution is 9.10. The largest absolute Gasteiger partial charge is 0.504 e. The Morgan fingerprint density at radius 2 is 2.00 bits per heavy atom. The lowest BCUT2D eigenvalue weighted by Crippen LogP contribution is -2.20. The van der Waals surface area contributed by atoms with Crippen LogP contribution in [0.5, 0.6) is 11.5 Å². The highest BCUT2D eigenvalue weighted by Crippen LogP contribution is 2.32. The summed E-state index contributed by atoms with van der Waals surface area (Å²) in [5.74, 6) is 0.911. The molecule has 2 aromatic carbocycles. The molecule has 148 valence electrons. The number of para-hydroxylation sites is 1. The lowest BCUT2D eigenvalue weighted by molar-refractivity contribution is 0.317. The molecular weight excluding hydrogens is 432 g/mol. The molecular formula is C22H21BrN4O2. The van der Waals surface area contributed by atoms with Crippen LogP contribution in [-0.4, -0.2) is 28.7 Å². The minimum atomic E-state index is 0.0239. The summed E-state index contributed by atoms with van der Waals surface area (Å²) < 4.78 is 6.23. The van der Waals surface area contributed by atoms with E-state index in [0.29, 0.717) is 29.4 Å². The van der Waals surface area contributed by atoms with Gasteiger partial charge in [0.05, 0.1) is 18.5 Å². The summed E-state index contributed by atoms with van der Waals surface area (Å²) in [5, 5.41) is 14.7. The Bertz CT molecular complexity index is 1040. The molecule has 0 aliphatic rings. The van der Waals surface area contributed by atoms with Gasteiger partial charge in [-0.2, -0.15) is 5.10 Å². The molecule has 0 saturated carbocycles. The fraction of sp³-hybridized carbons (Fsp3) is 0.136. The quantitative estimate of drug-likeness (QED) is 0.314. The number of hydrogen-bond donors (Lipinski definition) is 2. The molecule has 7 heteroatoms. The summed E-state index contributed by atoms with van der Waals surface area (Å²) in [4.78, 5) is 9.04. The zero-order chi connectivity index (χ0) is 20.6. The van der Waals surface area contributed by atoms with Crippen LogP contribution in [0.4, 0.5) is 5.69 Å². The van der Waals surface area contributed by atoms with Gasteiger partial charge in [0.15, 0.2) is 17.3 Å². The molecule has 29 heavy (non-hydrogen) atoms. The molecule has 0 aliphatic carbocycles. The van der Waals surface area contributed by atoms with Crippen LogP contribution in [0, 0.1) is 6.92 Å². The van der Waals surface area contributed by atoms with Crippen LogP contribution in [-0.2, 0) is 0 Å². The molecule has 0 spiro atoms. The monoisotopic (exact) mass is 452 g/mol. The number of hydrogen-bond acceptors (Lipinski definition) is 5. The first kappa shape index (κ1) is 20.5. The molecule has 0 radical (unpaired) electrons. The fourth-order valence-electron chi connectivity index (χ4n) is 2.57. The van der Waals surface area contributed by atoms with Gasteiger partial charge in [0.1, 0.15) is 5.69 Å². The Kier molecular flexibility index (Phi) is 6.97. The Balaban J connectivity index is 1.91. The van der Waals surface area contributed by atoms with E-state index in [1.807, 2.05) is 56.3 Å². The van der Waals surface area contributed by atoms with Crippen molar-refractivity contribution in [2.45, 2.75) is 13.8 Å². The molecule has 0 atom stereocenters. The maximum Gasteiger partial charge on any atom is 0.172 e. The normalized spacial score (nSPS) is 11.6. The highest BCUT2D eigenvalue weighted by Gasteiger charge is 2.10. The van der Waals surface area contributed by atoms with E-state index in [-0.39, 0.29) is 5.75 Å². The van der Waals surface area contributed by atoms with Gasteiger partial charge in [-0.1, -0.05) is 40.2 Å². The van der Waals surface area contributed by atoms with E-state index in [4.69, 9.17) is 4.74 Å². The average molecular weight is 453 g/mol. The molecule has 0 aliphatic heterocycles. The van der Waals surface area contributed by atoms with Gasteiger partial charge in [0.2, 0.25) is 0 Å². The first-order chi connectivity index (χ1) is 14.1. The molecule has 0 fully saturated rings. The number of phenols is 1. The second-order valence-corrected chi connectivity index (χ2v) is 7.02. The van der Waals surface area contributed by atoms with Crippen molar-refractivity contribution in [3.8, 4) is 11.5 Å². The van der Waals surface area contributed by atoms with Crippen LogP contribution < -0.4 is 10.2 Å². The van der Waals surface area contributed by atoms with E-state index >= 15 is 0 Å². The van der Waals surface area contributed by atoms with Crippen LogP contribution in [0.25, 0.3) is 0 Å². The third kappa shape index (κ3) is 5.42. The second-order valence-electron chi connectivity index (χ2n) is 6.11. The van der Waals surface area contributed by atoms with E-state index < -0.39 is 0 Å². The molecule has 3 rings (SSSR count). The Morgan fingerprint density at radius 3 is 2.72 bits per heavy atom. The Morgan fingerprint density at radius 1 is 1.21 bits per heavy atom. The number of halogens is 1. The number of hydrazone groups is 1. The molecule has 0 amide bonds. The van der Waals surface area contributed by atoms with E-state index in [1.165, 1.54) is 6.21 Å². The zero-order valence-electron chi connectivity index (χ0n) is 16.1. The van der Waals surface area contributed by atoms with E-state index in [2.05, 4.69) is 36.4 Å². The van der Waals surface area contributed by atoms with Gasteiger partial charge in [-0.05, 0) is 49.7 Å². The topological polar surface area (TPSA) is 79.1 Å². The zero-order valence-corrected chi connectivity index (χ0v) is 17.7. The number of nitrogens with one attached hydrogen (secondary N) is 1. The average Bonchev–Trinajstić information content (AvgIpc) is 2.72. The lowest BCUT2D eigenvalue weighted by Gasteiger charge is -2.09. The highest BCUT2D eigenvalue weighted by atomic mass is 79.9. The maximum absolute atomic E-state index is 10.4. The minimum Gasteiger partial charge on any atom is -0.504 e. The molecule has 6 nitrogen and oxygen atoms in total. The number of amidine groups is 1. The number of benzene rings is 2. The fourth-order valence-corrected chi connectivity index (χ4v) is 3.03. The van der Waals surface area contributed by atoms with Gasteiger partial charge in [-0.3, -0.25) is 10.4 Å². The molecule has 0 unspecified atom stereocenters. The third-order valence-electron chi connectivity index (χ3n) is 4.00. The molecule has 1 heterocycles. The van der Waals surface area contributed by atoms with Crippen LogP contribution in [0.2, 0.25) is 0 Å². The number of pyridine rings is 1. The van der Waals surface area contributed by atoms with Gasteiger partial charge in [-0.25, -0.2) is 4.99 Å². The number of phenolic OH excluding ortho intramolecular Hbond substituents is 1. The predicted octanol–water partition coefficient (Wildman–Crippen LogP) is 4.96. The van der Waals surface area contributed by atoms with E-state index in [9.17, 15) is 5.11 Å². The van der Waals surface area contributed by atoms with E-state index in [1.54, 1.807) is 18.3 Å². The Labute approximate surface area is 178 Å². The van der Waals surface area contributed by atoms with Crippen molar-refractivity contribution >= 4 is 33.7 Å². The minimum absolute atomic E-state index is 0.0239. The second kappa shape index (κ2) is 9.84. The molecule has 0 bridgehead atoms. The number of aromatic hydroxyl groups is 1. The van der Waals surface area contributed by atoms with E-state index in [0.717, 1.165) is 15.7 Å². The van der Waals surface area contributed by atoms with Gasteiger partial charge >= 0.3 is 0 Å². The number of nitrogens with zero attached hydrogens (tertiary/aromatic N) is 3. The van der Waals surface area contributed by atoms with Crippen LogP contribution in [0.1, 0.15) is 23.7 Å². The number of aliphatic imine (C=N–C) groups is 1. The van der Waals surface area contributed by atoms with Crippen LogP contribution >= 0.6 is 15.9 Å². The van der Waals surface area contributed by atoms with Crippen molar-refractivity contribution in [2.24, 2.45) is 10.1 Å². The first-order valence-electron chi connectivity index (χ1n) is 9.08. The summed E-state index contributed by atoms with van der Waals surface area (Å²) in [5.41, 5.74) is 5.97. The molecule has 2 N–H and O–H groups in total. The van der Waals surface area contributed by atoms with Crippen molar-refractivity contribution in [2.75, 3.05) is 6.61 Å². The lowest BCUT2D eigenvalue weighted by atomic mass is 10.2. The number of ether oxygens (including phenoxy) is 1. The SMILES string of the molecule is CCOc1cc(Br)cc(C=NNC(=Nc2ccccc2C)c2ccccn2)c1O. The summed E-state index contributed by atoms with van der Waals surface area (Å²) in [6.07, 6.45) is 3.21. The van der Waals surface area contributed by atoms with Crippen molar-refractivity contribution < 1.29 is 9.84 Å². The number of aromatic nitrogens is 1. The van der Waals surface area contributed by atoms with Crippen LogP contribution in [0.3, 0.4) is 0 Å². The molecule has 0 saturated heterocycles. The van der Waals surface area contributed by atoms with Crippen molar-refractivity contribution in [3.63, 3.8) is 0 Å². The number of aryl methyl sites for hydroxylation is 1. The smallest absolute Gasteiger partial charge is 0.172 e. The summed E-state index contributed by atoms with van der Waals surface area (Å²) in [7, 11) is 0. The van der Waals surface area contributed by atoms with Crippen molar-refractivity contribution in [3.05, 3.63) is 82.1 Å². The summed E-state index contributed by atoms with van der Waals surface area (Å²) >= 11 is 3.42. The summed E-state index contributed by atoms with van der Waals surface area (Å²) in [6.45, 7) is 4.30. The number of rotatable bonds is 6. The van der Waals surface area contributed by atoms with Crippen LogP contribution in [0.15, 0.2) is 75.4 Å².